The van der Waals surface area contributed by atoms with Crippen LogP contribution in [0.4, 0.5) is 5.69 Å². The summed E-state index contributed by atoms with van der Waals surface area (Å²) in [4.78, 5) is 29.4. The highest BCUT2D eigenvalue weighted by atomic mass is 16.7. The van der Waals surface area contributed by atoms with Crippen LogP contribution in [-0.4, -0.2) is 36.8 Å². The molecule has 0 bridgehead atoms. The third kappa shape index (κ3) is 3.75. The molecule has 7 nitrogen and oxygen atoms in total. The lowest BCUT2D eigenvalue weighted by Gasteiger charge is -2.25. The average molecular weight is 307 g/mol. The molecule has 1 aliphatic rings. The molecule has 0 aliphatic carbocycles. The Bertz CT molecular complexity index is 521. The summed E-state index contributed by atoms with van der Waals surface area (Å²) in [5, 5.41) is 4.30. The van der Waals surface area contributed by atoms with Crippen LogP contribution in [0.2, 0.25) is 0 Å². The first-order chi connectivity index (χ1) is 10.5. The number of esters is 1. The Morgan fingerprint density at radius 1 is 1.45 bits per heavy atom. The van der Waals surface area contributed by atoms with E-state index in [4.69, 9.17) is 15.3 Å². The first kappa shape index (κ1) is 16.3. The second-order valence-corrected chi connectivity index (χ2v) is 5.06. The third-order valence-electron chi connectivity index (χ3n) is 3.24. The van der Waals surface area contributed by atoms with E-state index in [0.717, 1.165) is 5.69 Å². The minimum absolute atomic E-state index is 0.279. The quantitative estimate of drug-likeness (QED) is 0.772. The monoisotopic (exact) mass is 307 g/mol. The van der Waals surface area contributed by atoms with E-state index < -0.39 is 24.3 Å². The molecule has 120 valence electrons. The van der Waals surface area contributed by atoms with E-state index in [0.29, 0.717) is 6.42 Å². The number of ether oxygens (including phenoxy) is 1. The van der Waals surface area contributed by atoms with Crippen molar-refractivity contribution in [3.05, 3.63) is 30.3 Å². The summed E-state index contributed by atoms with van der Waals surface area (Å²) < 4.78 is 4.98. The Hall–Kier alpha value is -2.12. The maximum atomic E-state index is 11.9. The molecule has 1 aromatic carbocycles. The molecule has 1 saturated heterocycles. The molecule has 3 atom stereocenters. The van der Waals surface area contributed by atoms with E-state index in [-0.39, 0.29) is 12.5 Å². The number of anilines is 1. The van der Waals surface area contributed by atoms with E-state index >= 15 is 0 Å². The normalized spacial score (nSPS) is 22.2. The highest BCUT2D eigenvalue weighted by Gasteiger charge is 2.39. The number of hydrogen-bond donors (Lipinski definition) is 2. The molecule has 0 spiro atoms. The number of amides is 1. The second kappa shape index (κ2) is 7.24. The fourth-order valence-electron chi connectivity index (χ4n) is 2.16. The van der Waals surface area contributed by atoms with Gasteiger partial charge < -0.3 is 15.8 Å². The Balaban J connectivity index is 2.15. The summed E-state index contributed by atoms with van der Waals surface area (Å²) in [7, 11) is 0. The van der Waals surface area contributed by atoms with Crippen molar-refractivity contribution in [3.63, 3.8) is 0 Å². The fourth-order valence-corrected chi connectivity index (χ4v) is 2.16. The summed E-state index contributed by atoms with van der Waals surface area (Å²) in [6, 6.07) is 8.59. The number of nitrogens with one attached hydrogen (secondary N) is 1. The van der Waals surface area contributed by atoms with Crippen LogP contribution in [0, 0.1) is 0 Å². The van der Waals surface area contributed by atoms with Gasteiger partial charge in [0.15, 0.2) is 6.10 Å². The Morgan fingerprint density at radius 3 is 2.73 bits per heavy atom. The van der Waals surface area contributed by atoms with Gasteiger partial charge in [0, 0.05) is 6.42 Å². The maximum absolute atomic E-state index is 11.9. The third-order valence-corrected chi connectivity index (χ3v) is 3.24. The van der Waals surface area contributed by atoms with Crippen LogP contribution in [0.1, 0.15) is 20.3 Å². The number of hydroxylamine groups is 1. The number of carbonyl (C=O) groups is 2. The standard InChI is InChI=1S/C15H21N3O4/c1-3-21-15(20)12-9-13(17-14(19)10(2)16)18(22-12)11-7-5-4-6-8-11/h4-8,10,12-13H,3,9,16H2,1-2H3,(H,17,19)/t10-,12+,13+/m0/s1. The molecule has 0 aromatic heterocycles. The smallest absolute Gasteiger partial charge is 0.338 e. The van der Waals surface area contributed by atoms with Gasteiger partial charge in [-0.05, 0) is 26.0 Å². The van der Waals surface area contributed by atoms with Crippen LogP contribution < -0.4 is 16.1 Å². The predicted molar refractivity (Wildman–Crippen MR) is 80.6 cm³/mol. The van der Waals surface area contributed by atoms with Crippen molar-refractivity contribution in [1.29, 1.82) is 0 Å². The number of nitrogens with zero attached hydrogens (tertiary/aromatic N) is 1. The van der Waals surface area contributed by atoms with Crippen LogP contribution in [0.3, 0.4) is 0 Å². The van der Waals surface area contributed by atoms with Crippen molar-refractivity contribution in [3.8, 4) is 0 Å². The number of rotatable bonds is 5. The van der Waals surface area contributed by atoms with E-state index in [1.54, 1.807) is 13.8 Å². The van der Waals surface area contributed by atoms with Crippen LogP contribution >= 0.6 is 0 Å². The SMILES string of the molecule is CCOC(=O)[C@H]1C[C@H](NC(=O)[C@H](C)N)N(c2ccccc2)O1. The van der Waals surface area contributed by atoms with E-state index in [1.165, 1.54) is 5.06 Å². The van der Waals surface area contributed by atoms with Crippen molar-refractivity contribution in [1.82, 2.24) is 5.32 Å². The van der Waals surface area contributed by atoms with Gasteiger partial charge in [-0.15, -0.1) is 0 Å². The Labute approximate surface area is 129 Å². The Kier molecular flexibility index (Phi) is 5.35. The molecule has 3 N–H and O–H groups in total. The molecule has 22 heavy (non-hydrogen) atoms. The summed E-state index contributed by atoms with van der Waals surface area (Å²) >= 11 is 0. The lowest BCUT2D eigenvalue weighted by atomic mass is 10.2. The van der Waals surface area contributed by atoms with Gasteiger partial charge in [-0.3, -0.25) is 9.63 Å². The number of hydrogen-bond acceptors (Lipinski definition) is 6. The predicted octanol–water partition coefficient (Wildman–Crippen LogP) is 0.550. The molecule has 0 unspecified atom stereocenters. The topological polar surface area (TPSA) is 93.9 Å². The molecule has 1 aromatic rings. The molecule has 1 fully saturated rings. The van der Waals surface area contributed by atoms with Crippen LogP contribution in [0.25, 0.3) is 0 Å². The first-order valence-electron chi connectivity index (χ1n) is 7.26. The van der Waals surface area contributed by atoms with Gasteiger partial charge in [0.25, 0.3) is 0 Å². The van der Waals surface area contributed by atoms with Crippen molar-refractivity contribution < 1.29 is 19.2 Å². The van der Waals surface area contributed by atoms with Crippen molar-refractivity contribution in [2.24, 2.45) is 5.73 Å². The summed E-state index contributed by atoms with van der Waals surface area (Å²) in [6.45, 7) is 3.61. The Morgan fingerprint density at radius 2 is 2.14 bits per heavy atom. The van der Waals surface area contributed by atoms with Crippen LogP contribution in [0.5, 0.6) is 0 Å². The highest BCUT2D eigenvalue weighted by Crippen LogP contribution is 2.27. The molecule has 1 aliphatic heterocycles. The molecule has 1 heterocycles. The van der Waals surface area contributed by atoms with Gasteiger partial charge in [0.1, 0.15) is 6.17 Å². The zero-order valence-corrected chi connectivity index (χ0v) is 12.7. The number of carbonyl (C=O) groups excluding carboxylic acids is 2. The first-order valence-corrected chi connectivity index (χ1v) is 7.26. The molecule has 1 amide bonds. The van der Waals surface area contributed by atoms with Crippen molar-refractivity contribution >= 4 is 17.6 Å². The molecular formula is C15H21N3O4. The second-order valence-electron chi connectivity index (χ2n) is 5.06. The van der Waals surface area contributed by atoms with Crippen LogP contribution in [0.15, 0.2) is 30.3 Å². The summed E-state index contributed by atoms with van der Waals surface area (Å²) in [5.41, 5.74) is 6.32. The van der Waals surface area contributed by atoms with E-state index in [2.05, 4.69) is 5.32 Å². The molecule has 7 heteroatoms. The largest absolute Gasteiger partial charge is 0.464 e. The molecule has 0 radical (unpaired) electrons. The van der Waals surface area contributed by atoms with E-state index in [9.17, 15) is 9.59 Å². The number of para-hydroxylation sites is 1. The van der Waals surface area contributed by atoms with E-state index in [1.807, 2.05) is 30.3 Å². The van der Waals surface area contributed by atoms with Gasteiger partial charge in [0.05, 0.1) is 18.3 Å². The van der Waals surface area contributed by atoms with Gasteiger partial charge in [-0.1, -0.05) is 18.2 Å². The zero-order valence-electron chi connectivity index (χ0n) is 12.7. The van der Waals surface area contributed by atoms with Gasteiger partial charge >= 0.3 is 5.97 Å². The lowest BCUT2D eigenvalue weighted by molar-refractivity contribution is -0.154. The van der Waals surface area contributed by atoms with Crippen molar-refractivity contribution in [2.45, 2.75) is 38.6 Å². The minimum atomic E-state index is -0.751. The summed E-state index contributed by atoms with van der Waals surface area (Å²) in [6.07, 6.45) is -0.930. The number of nitrogens with two attached hydrogens (primary N) is 1. The molecular weight excluding hydrogens is 286 g/mol. The molecule has 0 saturated carbocycles. The summed E-state index contributed by atoms with van der Waals surface area (Å²) in [5.74, 6) is -0.750. The number of benzene rings is 1. The van der Waals surface area contributed by atoms with Gasteiger partial charge in [-0.25, -0.2) is 9.86 Å². The maximum Gasteiger partial charge on any atom is 0.338 e. The van der Waals surface area contributed by atoms with Crippen molar-refractivity contribution in [2.75, 3.05) is 11.7 Å². The zero-order chi connectivity index (χ0) is 16.1. The van der Waals surface area contributed by atoms with Gasteiger partial charge in [-0.2, -0.15) is 0 Å². The lowest BCUT2D eigenvalue weighted by Crippen LogP contribution is -2.49. The van der Waals surface area contributed by atoms with Gasteiger partial charge in [0.2, 0.25) is 5.91 Å². The molecule has 2 rings (SSSR count). The van der Waals surface area contributed by atoms with Crippen LogP contribution in [-0.2, 0) is 19.2 Å². The highest BCUT2D eigenvalue weighted by molar-refractivity contribution is 5.82. The minimum Gasteiger partial charge on any atom is -0.464 e. The average Bonchev–Trinajstić information content (AvgIpc) is 2.92. The fraction of sp³-hybridized carbons (Fsp3) is 0.467.